The number of carboxylic acids is 1. The van der Waals surface area contributed by atoms with Crippen LogP contribution >= 0.6 is 25.3 Å². The van der Waals surface area contributed by atoms with E-state index in [4.69, 9.17) is 22.9 Å². The number of benzene rings is 1. The number of nitrogens with two attached hydrogens (primary N) is 4. The van der Waals surface area contributed by atoms with Gasteiger partial charge in [-0.3, -0.25) is 81.7 Å². The van der Waals surface area contributed by atoms with E-state index in [1.54, 1.807) is 52.0 Å². The Morgan fingerprint density at radius 3 is 1.56 bits per heavy atom. The van der Waals surface area contributed by atoms with Crippen LogP contribution in [0.4, 0.5) is 0 Å². The maximum Gasteiger partial charge on any atom is 0.305 e. The van der Waals surface area contributed by atoms with E-state index in [0.717, 1.165) is 0 Å². The fraction of sp³-hybridized carbons (Fsp3) is 0.569. The molecule has 2 aromatic heterocycles. The number of aliphatic imine (C=N–C) groups is 1. The average Bonchev–Trinajstić information content (AvgIpc) is 1.60. The molecule has 106 heavy (non-hydrogen) atoms. The van der Waals surface area contributed by atoms with Crippen molar-refractivity contribution in [3.8, 4) is 0 Å². The van der Waals surface area contributed by atoms with Crippen LogP contribution in [-0.2, 0) is 89.6 Å². The normalized spacial score (nSPS) is 15.1. The number of nitrogens with zero attached hydrogens (tertiary/aromatic N) is 2. The molecule has 15 amide bonds. The second-order valence-corrected chi connectivity index (χ2v) is 26.6. The van der Waals surface area contributed by atoms with Crippen LogP contribution in [-0.4, -0.2) is 229 Å². The number of H-pyrrole nitrogens is 2. The number of nitrogens with one attached hydrogen (secondary N) is 15. The van der Waals surface area contributed by atoms with Crippen molar-refractivity contribution in [1.29, 1.82) is 0 Å². The number of carbonyl (C=O) groups excluding carboxylic acids is 15. The summed E-state index contributed by atoms with van der Waals surface area (Å²) in [5.41, 5.74) is 23.1. The van der Waals surface area contributed by atoms with E-state index in [0.29, 0.717) is 28.6 Å². The standard InChI is InChI=1S/C65H101N21O18S2/c1-10-31(6)51(76-34(9)88)64(104)83-45(27-106)60(100)84-50(30(4)5)63(103)85-49(29(2)3)62(102)78-40(17-18-46(66)89)57(97)81-43(22-48(91)92)59(99)80-41(20-35-23-72-38-15-12-11-14-37(35)38)55(95)73-25-47(90)75-32(7)54(94)79-42(21-36-24-70-28-74-36)58(98)77-39(16-13-19-71-65(68)69)56(96)82-44(26-105)61(101)86-52(33(8)87)53(67)93/h11-12,14-15,23-24,28-33,39-45,49-52,72,87,105-106H,10,13,16-22,25-27H2,1-9H3,(H2,66,89)(H2,67,93)(H,70,74)(H,73,95)(H,75,90)(H,76,88)(H,77,98)(H,78,102)(H,79,94)(H,80,99)(H,81,97)(H,82,96)(H,83,104)(H,84,100)(H,85,103)(H,86,101)(H,91,92)(H4,68,69,71)/t31-,32-,33+,39-,40-,41-,42-,43-,44-,45-,49-,50-,51-,52-/m0/s1. The Labute approximate surface area is 621 Å². The van der Waals surface area contributed by atoms with Crippen LogP contribution in [0.1, 0.15) is 112 Å². The third-order valence-corrected chi connectivity index (χ3v) is 17.2. The Kier molecular flexibility index (Phi) is 37.4. The summed E-state index contributed by atoms with van der Waals surface area (Å²) in [6.07, 6.45) is 0.290. The number of amides is 15. The second kappa shape index (κ2) is 44.3. The van der Waals surface area contributed by atoms with Crippen molar-refractivity contribution in [2.24, 2.45) is 45.7 Å². The molecule has 586 valence electrons. The Hall–Kier alpha value is -10.6. The molecule has 41 heteroatoms. The van der Waals surface area contributed by atoms with E-state index in [-0.39, 0.29) is 55.6 Å². The van der Waals surface area contributed by atoms with Gasteiger partial charge < -0.3 is 112 Å². The number of hydrogen-bond acceptors (Lipinski definition) is 21. The number of imidazole rings is 1. The Balaban J connectivity index is 1.88. The predicted octanol–water partition coefficient (Wildman–Crippen LogP) is -6.47. The second-order valence-electron chi connectivity index (χ2n) is 25.9. The summed E-state index contributed by atoms with van der Waals surface area (Å²) in [6, 6.07) is -11.2. The highest BCUT2D eigenvalue weighted by Gasteiger charge is 2.39. The van der Waals surface area contributed by atoms with E-state index < -0.39 is 211 Å². The fourth-order valence-electron chi connectivity index (χ4n) is 10.4. The van der Waals surface area contributed by atoms with Gasteiger partial charge in [-0.1, -0.05) is 66.2 Å². The van der Waals surface area contributed by atoms with Crippen molar-refractivity contribution in [2.45, 2.75) is 192 Å². The van der Waals surface area contributed by atoms with Gasteiger partial charge in [0, 0.05) is 73.2 Å². The summed E-state index contributed by atoms with van der Waals surface area (Å²) < 4.78 is 0. The zero-order valence-corrected chi connectivity index (χ0v) is 62.1. The van der Waals surface area contributed by atoms with Gasteiger partial charge in [-0.25, -0.2) is 4.98 Å². The van der Waals surface area contributed by atoms with Gasteiger partial charge in [0.15, 0.2) is 5.96 Å². The molecule has 14 atom stereocenters. The smallest absolute Gasteiger partial charge is 0.305 e. The molecule has 0 aliphatic rings. The first-order valence-corrected chi connectivity index (χ1v) is 35.2. The van der Waals surface area contributed by atoms with Crippen molar-refractivity contribution in [3.63, 3.8) is 0 Å². The quantitative estimate of drug-likeness (QED) is 0.0108. The van der Waals surface area contributed by atoms with Crippen LogP contribution in [0.5, 0.6) is 0 Å². The summed E-state index contributed by atoms with van der Waals surface area (Å²) in [5.74, 6) is -18.5. The molecule has 0 radical (unpaired) electrons. The lowest BCUT2D eigenvalue weighted by molar-refractivity contribution is -0.141. The number of carbonyl (C=O) groups is 16. The first-order chi connectivity index (χ1) is 49.8. The number of fused-ring (bicyclic) bond motifs is 1. The number of hydrogen-bond donors (Lipinski definition) is 23. The molecule has 0 saturated carbocycles. The summed E-state index contributed by atoms with van der Waals surface area (Å²) >= 11 is 8.37. The average molecular weight is 1530 g/mol. The molecule has 2 heterocycles. The molecule has 0 aliphatic heterocycles. The fourth-order valence-corrected chi connectivity index (χ4v) is 10.9. The van der Waals surface area contributed by atoms with Crippen LogP contribution in [0.2, 0.25) is 0 Å². The first kappa shape index (κ1) is 89.6. The first-order valence-electron chi connectivity index (χ1n) is 34.0. The summed E-state index contributed by atoms with van der Waals surface area (Å²) in [7, 11) is 0. The molecule has 39 nitrogen and oxygen atoms in total. The maximum atomic E-state index is 14.4. The number of aromatic amines is 2. The monoisotopic (exact) mass is 1530 g/mol. The van der Waals surface area contributed by atoms with Crippen LogP contribution in [0.25, 0.3) is 10.9 Å². The number of guanidine groups is 1. The van der Waals surface area contributed by atoms with Crippen molar-refractivity contribution in [3.05, 3.63) is 54.2 Å². The highest BCUT2D eigenvalue weighted by atomic mass is 32.1. The molecule has 3 rings (SSSR count). The van der Waals surface area contributed by atoms with E-state index in [2.05, 4.69) is 114 Å². The number of primary amides is 2. The van der Waals surface area contributed by atoms with E-state index in [1.165, 1.54) is 53.3 Å². The van der Waals surface area contributed by atoms with Gasteiger partial charge in [-0.2, -0.15) is 25.3 Å². The zero-order chi connectivity index (χ0) is 79.8. The topological polar surface area (TPSA) is 631 Å². The van der Waals surface area contributed by atoms with Gasteiger partial charge in [0.25, 0.3) is 0 Å². The molecule has 0 saturated heterocycles. The van der Waals surface area contributed by atoms with Crippen molar-refractivity contribution >= 4 is 137 Å². The van der Waals surface area contributed by atoms with Crippen molar-refractivity contribution < 1.29 is 86.9 Å². The largest absolute Gasteiger partial charge is 0.481 e. The van der Waals surface area contributed by atoms with Gasteiger partial charge in [0.1, 0.15) is 72.5 Å². The van der Waals surface area contributed by atoms with Crippen LogP contribution in [0.3, 0.4) is 0 Å². The minimum absolute atomic E-state index is 0.0201. The van der Waals surface area contributed by atoms with Crippen molar-refractivity contribution in [1.82, 2.24) is 84.1 Å². The number of aliphatic carboxylic acids is 1. The van der Waals surface area contributed by atoms with Gasteiger partial charge >= 0.3 is 5.97 Å². The van der Waals surface area contributed by atoms with Gasteiger partial charge in [-0.15, -0.1) is 0 Å². The molecule has 0 bridgehead atoms. The molecular formula is C65H101N21O18S2. The third kappa shape index (κ3) is 29.9. The Bertz CT molecular complexity index is 3610. The van der Waals surface area contributed by atoms with Gasteiger partial charge in [-0.05, 0) is 62.5 Å². The lowest BCUT2D eigenvalue weighted by Crippen LogP contribution is -2.62. The number of carboxylic acid groups (broad SMARTS) is 1. The number of thiol groups is 2. The van der Waals surface area contributed by atoms with E-state index in [1.807, 2.05) is 0 Å². The van der Waals surface area contributed by atoms with Gasteiger partial charge in [0.2, 0.25) is 88.6 Å². The molecule has 3 aromatic rings. The van der Waals surface area contributed by atoms with Crippen LogP contribution in [0.15, 0.2) is 48.0 Å². The lowest BCUT2D eigenvalue weighted by Gasteiger charge is -2.30. The molecule has 25 N–H and O–H groups in total. The molecule has 0 unspecified atom stereocenters. The molecule has 1 aromatic carbocycles. The predicted molar refractivity (Wildman–Crippen MR) is 390 cm³/mol. The molecule has 0 spiro atoms. The summed E-state index contributed by atoms with van der Waals surface area (Å²) in [4.78, 5) is 229. The van der Waals surface area contributed by atoms with E-state index >= 15 is 0 Å². The minimum Gasteiger partial charge on any atom is -0.481 e. The number of para-hydroxylation sites is 1. The number of rotatable bonds is 46. The zero-order valence-electron chi connectivity index (χ0n) is 60.3. The highest BCUT2D eigenvalue weighted by molar-refractivity contribution is 7.80. The Morgan fingerprint density at radius 2 is 1.03 bits per heavy atom. The summed E-state index contributed by atoms with van der Waals surface area (Å²) in [6.45, 7) is 12.5. The number of aromatic nitrogens is 3. The SMILES string of the molecule is CC[C@H](C)[C@H](NC(C)=O)C(=O)N[C@@H](CS)C(=O)N[C@H](C(=O)N[C@H](C(=O)N[C@@H](CCC(N)=O)C(=O)N[C@@H](CC(=O)O)C(=O)N[C@@H](Cc1c[nH]c2ccccc12)C(=O)NCC(=O)N[C@@H](C)C(=O)N[C@@H](Cc1cnc[nH]1)C(=O)N[C@@H](CCCN=C(N)N)C(=O)N[C@@H](CS)C(=O)N[C@H](C(N)=O)[C@@H](C)O)C(C)C)C(C)C. The molecular weight excluding hydrogens is 1430 g/mol. The molecule has 0 fully saturated rings. The van der Waals surface area contributed by atoms with Crippen LogP contribution < -0.4 is 92.1 Å². The third-order valence-electron chi connectivity index (χ3n) is 16.5. The molecule has 0 aliphatic carbocycles. The summed E-state index contributed by atoms with van der Waals surface area (Å²) in [5, 5.41) is 52.6. The Morgan fingerprint density at radius 1 is 0.547 bits per heavy atom. The maximum absolute atomic E-state index is 14.4. The highest BCUT2D eigenvalue weighted by Crippen LogP contribution is 2.20. The van der Waals surface area contributed by atoms with E-state index in [9.17, 15) is 86.9 Å². The number of aliphatic hydroxyl groups excluding tert-OH is 1. The van der Waals surface area contributed by atoms with Crippen molar-refractivity contribution in [2.75, 3.05) is 24.6 Å². The van der Waals surface area contributed by atoms with Crippen LogP contribution in [0, 0.1) is 17.8 Å². The number of aliphatic hydroxyl groups is 1. The van der Waals surface area contributed by atoms with Gasteiger partial charge in [0.05, 0.1) is 25.4 Å². The minimum atomic E-state index is -2.03. The lowest BCUT2D eigenvalue weighted by atomic mass is 9.97.